The van der Waals surface area contributed by atoms with Gasteiger partial charge in [0.1, 0.15) is 6.61 Å². The number of nitrogens with one attached hydrogen (secondary N) is 1. The Morgan fingerprint density at radius 2 is 1.66 bits per heavy atom. The molecule has 3 unspecified atom stereocenters. The van der Waals surface area contributed by atoms with Crippen molar-refractivity contribution < 1.29 is 24.2 Å². The maximum absolute atomic E-state index is 13.2. The van der Waals surface area contributed by atoms with Crippen LogP contribution in [-0.2, 0) is 14.3 Å². The number of rotatable bonds is 5. The van der Waals surface area contributed by atoms with Crippen molar-refractivity contribution in [2.75, 3.05) is 13.2 Å². The van der Waals surface area contributed by atoms with Crippen LogP contribution < -0.4 is 5.32 Å². The Morgan fingerprint density at radius 1 is 0.971 bits per heavy atom. The molecular weight excluding hydrogens is 444 g/mol. The molecule has 182 valence electrons. The average Bonchev–Trinajstić information content (AvgIpc) is 3.53. The van der Waals surface area contributed by atoms with Crippen molar-refractivity contribution in [3.63, 3.8) is 0 Å². The van der Waals surface area contributed by atoms with Gasteiger partial charge in [-0.2, -0.15) is 0 Å². The minimum Gasteiger partial charge on any atom is -0.481 e. The van der Waals surface area contributed by atoms with Gasteiger partial charge in [-0.3, -0.25) is 9.59 Å². The molecule has 35 heavy (non-hydrogen) atoms. The van der Waals surface area contributed by atoms with Gasteiger partial charge in [0.05, 0.1) is 5.92 Å². The molecule has 0 aromatic heterocycles. The Morgan fingerprint density at radius 3 is 2.31 bits per heavy atom. The fraction of sp³-hybridized carbons (Fsp3) is 0.464. The molecule has 2 amide bonds. The van der Waals surface area contributed by atoms with E-state index >= 15 is 0 Å². The summed E-state index contributed by atoms with van der Waals surface area (Å²) in [6.45, 7) is 0.823. The van der Waals surface area contributed by atoms with Crippen LogP contribution in [0.3, 0.4) is 0 Å². The van der Waals surface area contributed by atoms with E-state index in [9.17, 15) is 19.5 Å². The van der Waals surface area contributed by atoms with Crippen molar-refractivity contribution in [3.05, 3.63) is 59.7 Å². The van der Waals surface area contributed by atoms with E-state index in [1.807, 2.05) is 24.3 Å². The number of nitrogens with zero attached hydrogens (tertiary/aromatic N) is 1. The van der Waals surface area contributed by atoms with E-state index in [4.69, 9.17) is 4.74 Å². The van der Waals surface area contributed by atoms with Gasteiger partial charge in [-0.25, -0.2) is 4.79 Å². The smallest absolute Gasteiger partial charge is 0.407 e. The first kappa shape index (κ1) is 22.1. The van der Waals surface area contributed by atoms with E-state index in [0.717, 1.165) is 25.7 Å². The summed E-state index contributed by atoms with van der Waals surface area (Å²) in [6.07, 6.45) is 3.39. The number of ether oxygens (including phenoxy) is 1. The summed E-state index contributed by atoms with van der Waals surface area (Å²) < 4.78 is 5.69. The summed E-state index contributed by atoms with van der Waals surface area (Å²) in [7, 11) is 0. The highest BCUT2D eigenvalue weighted by atomic mass is 16.5. The number of carbonyl (C=O) groups excluding carboxylic acids is 2. The maximum atomic E-state index is 13.2. The van der Waals surface area contributed by atoms with Crippen LogP contribution >= 0.6 is 0 Å². The van der Waals surface area contributed by atoms with Crippen LogP contribution in [0.2, 0.25) is 0 Å². The standard InChI is InChI=1S/C28H30N2O5/c31-26(30-14-17-13-24(30)25(17)27(32)33)16-6-5-7-18(12-16)29-28(34)35-15-23-21-10-3-1-8-19(21)20-9-2-4-11-22(20)23/h1-4,8-11,16-18,23-25H,5-7,12-15H2,(H,29,34)(H,32,33)/t16-,17?,18+,24?,25?/m0/s1. The zero-order valence-corrected chi connectivity index (χ0v) is 19.6. The molecule has 2 saturated heterocycles. The lowest BCUT2D eigenvalue weighted by Gasteiger charge is -2.36. The van der Waals surface area contributed by atoms with Gasteiger partial charge in [-0.1, -0.05) is 55.0 Å². The minimum absolute atomic E-state index is 0.0117. The molecule has 0 spiro atoms. The van der Waals surface area contributed by atoms with Crippen LogP contribution in [0, 0.1) is 17.8 Å². The molecule has 2 aliphatic heterocycles. The quantitative estimate of drug-likeness (QED) is 0.683. The monoisotopic (exact) mass is 474 g/mol. The number of hydrogen-bond donors (Lipinski definition) is 2. The van der Waals surface area contributed by atoms with Crippen LogP contribution in [0.15, 0.2) is 48.5 Å². The zero-order chi connectivity index (χ0) is 24.1. The van der Waals surface area contributed by atoms with Crippen molar-refractivity contribution in [3.8, 4) is 11.1 Å². The third-order valence-corrected chi connectivity index (χ3v) is 8.56. The van der Waals surface area contributed by atoms with E-state index in [-0.39, 0.29) is 42.4 Å². The van der Waals surface area contributed by atoms with Crippen LogP contribution in [0.4, 0.5) is 4.79 Å². The van der Waals surface area contributed by atoms with Crippen molar-refractivity contribution >= 4 is 18.0 Å². The predicted octanol–water partition coefficient (Wildman–Crippen LogP) is 4.02. The van der Waals surface area contributed by atoms with Crippen LogP contribution in [-0.4, -0.2) is 53.2 Å². The number of amides is 2. The second-order valence-electron chi connectivity index (χ2n) is 10.4. The number of aliphatic carboxylic acids is 1. The van der Waals surface area contributed by atoms with Gasteiger partial charge in [0.25, 0.3) is 0 Å². The summed E-state index contributed by atoms with van der Waals surface area (Å²) >= 11 is 0. The summed E-state index contributed by atoms with van der Waals surface area (Å²) in [5.41, 5.74) is 4.73. The van der Waals surface area contributed by atoms with Gasteiger partial charge in [-0.15, -0.1) is 0 Å². The van der Waals surface area contributed by atoms with E-state index < -0.39 is 18.0 Å². The lowest BCUT2D eigenvalue weighted by atomic mass is 9.74. The lowest BCUT2D eigenvalue weighted by Crippen LogP contribution is -2.48. The largest absolute Gasteiger partial charge is 0.481 e. The summed E-state index contributed by atoms with van der Waals surface area (Å²) in [5.74, 6) is -1.20. The first-order valence-corrected chi connectivity index (χ1v) is 12.7. The third-order valence-electron chi connectivity index (χ3n) is 8.56. The first-order valence-electron chi connectivity index (χ1n) is 12.7. The van der Waals surface area contributed by atoms with Crippen molar-refractivity contribution in [1.29, 1.82) is 0 Å². The zero-order valence-electron chi connectivity index (χ0n) is 19.6. The number of carboxylic acid groups (broad SMARTS) is 1. The van der Waals surface area contributed by atoms with Crippen molar-refractivity contribution in [2.24, 2.45) is 17.8 Å². The van der Waals surface area contributed by atoms with Crippen molar-refractivity contribution in [2.45, 2.75) is 50.1 Å². The molecule has 5 atom stereocenters. The van der Waals surface area contributed by atoms with Gasteiger partial charge in [-0.05, 0) is 53.9 Å². The second-order valence-corrected chi connectivity index (χ2v) is 10.4. The molecule has 2 saturated carbocycles. The van der Waals surface area contributed by atoms with Crippen LogP contribution in [0.25, 0.3) is 11.1 Å². The fourth-order valence-electron chi connectivity index (χ4n) is 6.83. The Bertz CT molecular complexity index is 1130. The van der Waals surface area contributed by atoms with Gasteiger partial charge in [0.15, 0.2) is 0 Å². The second kappa shape index (κ2) is 8.70. The molecule has 7 nitrogen and oxygen atoms in total. The molecule has 7 rings (SSSR count). The van der Waals surface area contributed by atoms with E-state index in [1.54, 1.807) is 4.90 Å². The van der Waals surface area contributed by atoms with Gasteiger partial charge >= 0.3 is 12.1 Å². The minimum atomic E-state index is -0.792. The maximum Gasteiger partial charge on any atom is 0.407 e. The van der Waals surface area contributed by atoms with Crippen molar-refractivity contribution in [1.82, 2.24) is 10.2 Å². The lowest BCUT2D eigenvalue weighted by molar-refractivity contribution is -0.149. The Hall–Kier alpha value is -3.35. The molecule has 7 heteroatoms. The highest BCUT2D eigenvalue weighted by Gasteiger charge is 2.57. The number of fused-ring (bicyclic) bond motifs is 4. The van der Waals surface area contributed by atoms with Gasteiger partial charge in [0.2, 0.25) is 5.91 Å². The fourth-order valence-corrected chi connectivity index (χ4v) is 6.83. The number of hydrogen-bond acceptors (Lipinski definition) is 4. The topological polar surface area (TPSA) is 95.9 Å². The number of alkyl carbamates (subject to hydrolysis) is 1. The third kappa shape index (κ3) is 3.77. The Balaban J connectivity index is 1.05. The molecular formula is C28H30N2O5. The number of carbonyl (C=O) groups is 3. The van der Waals surface area contributed by atoms with E-state index in [1.165, 1.54) is 22.3 Å². The average molecular weight is 475 g/mol. The molecule has 2 bridgehead atoms. The molecule has 2 aromatic carbocycles. The Kier molecular flexibility index (Phi) is 5.50. The summed E-state index contributed by atoms with van der Waals surface area (Å²) in [4.78, 5) is 39.1. The number of carboxylic acids is 1. The van der Waals surface area contributed by atoms with E-state index in [0.29, 0.717) is 13.0 Å². The van der Waals surface area contributed by atoms with Crippen LogP contribution in [0.5, 0.6) is 0 Å². The van der Waals surface area contributed by atoms with Crippen LogP contribution in [0.1, 0.15) is 49.1 Å². The SMILES string of the molecule is O=C(N[C@@H]1CCC[C@H](C(=O)N2CC3CC2C3C(=O)O)C1)OCC1c2ccccc2-c2ccccc21. The molecule has 0 radical (unpaired) electrons. The molecule has 2 N–H and O–H groups in total. The summed E-state index contributed by atoms with van der Waals surface area (Å²) in [6, 6.07) is 16.2. The normalized spacial score (nSPS) is 28.6. The highest BCUT2D eigenvalue weighted by molar-refractivity contribution is 5.83. The summed E-state index contributed by atoms with van der Waals surface area (Å²) in [5, 5.41) is 12.4. The molecule has 5 aliphatic rings. The first-order chi connectivity index (χ1) is 17.0. The molecule has 2 heterocycles. The molecule has 2 aromatic rings. The predicted molar refractivity (Wildman–Crippen MR) is 129 cm³/mol. The van der Waals surface area contributed by atoms with Gasteiger partial charge in [0, 0.05) is 30.5 Å². The van der Waals surface area contributed by atoms with E-state index in [2.05, 4.69) is 29.6 Å². The van der Waals surface area contributed by atoms with Gasteiger partial charge < -0.3 is 20.1 Å². The number of benzene rings is 2. The Labute approximate surface area is 204 Å². The highest BCUT2D eigenvalue weighted by Crippen LogP contribution is 2.48. The molecule has 3 aliphatic carbocycles. The molecule has 4 fully saturated rings.